The molecule has 142 valence electrons. The Bertz CT molecular complexity index is 770. The molecule has 1 aliphatic carbocycles. The van der Waals surface area contributed by atoms with Gasteiger partial charge in [0, 0.05) is 25.8 Å². The van der Waals surface area contributed by atoms with Crippen molar-refractivity contribution in [3.63, 3.8) is 0 Å². The molecule has 0 atom stereocenters. The Morgan fingerprint density at radius 3 is 2.78 bits per heavy atom. The monoisotopic (exact) mass is 363 g/mol. The first-order chi connectivity index (χ1) is 13.3. The van der Waals surface area contributed by atoms with Gasteiger partial charge in [0.15, 0.2) is 0 Å². The molecule has 1 aromatic carbocycles. The van der Waals surface area contributed by atoms with E-state index < -0.39 is 0 Å². The molecular weight excluding hydrogens is 334 g/mol. The van der Waals surface area contributed by atoms with Gasteiger partial charge in [-0.2, -0.15) is 0 Å². The fourth-order valence-electron chi connectivity index (χ4n) is 3.48. The number of hydrogen-bond donors (Lipinski definition) is 1. The highest BCUT2D eigenvalue weighted by atomic mass is 16.1. The number of amides is 1. The number of carbonyl (C=O) groups excluding carboxylic acids is 1. The number of carbonyl (C=O) groups is 1. The van der Waals surface area contributed by atoms with E-state index in [1.165, 1.54) is 36.8 Å². The van der Waals surface area contributed by atoms with E-state index in [4.69, 9.17) is 0 Å². The van der Waals surface area contributed by atoms with Gasteiger partial charge < -0.3 is 10.2 Å². The van der Waals surface area contributed by atoms with Crippen LogP contribution in [0.1, 0.15) is 54.9 Å². The predicted octanol–water partition coefficient (Wildman–Crippen LogP) is 4.73. The maximum atomic E-state index is 12.5. The van der Waals surface area contributed by atoms with Gasteiger partial charge in [-0.25, -0.2) is 0 Å². The third-order valence-corrected chi connectivity index (χ3v) is 5.07. The van der Waals surface area contributed by atoms with Crippen molar-refractivity contribution in [3.8, 4) is 0 Å². The van der Waals surface area contributed by atoms with E-state index in [0.29, 0.717) is 12.1 Å². The maximum Gasteiger partial charge on any atom is 0.252 e. The van der Waals surface area contributed by atoms with Crippen molar-refractivity contribution < 1.29 is 4.79 Å². The molecule has 4 nitrogen and oxygen atoms in total. The fourth-order valence-corrected chi connectivity index (χ4v) is 3.48. The van der Waals surface area contributed by atoms with Crippen LogP contribution in [0.25, 0.3) is 0 Å². The molecule has 1 aromatic heterocycles. The van der Waals surface area contributed by atoms with Crippen LogP contribution in [0.15, 0.2) is 60.4 Å². The van der Waals surface area contributed by atoms with Gasteiger partial charge in [0.25, 0.3) is 5.91 Å². The zero-order valence-electron chi connectivity index (χ0n) is 16.2. The number of pyridine rings is 1. The summed E-state index contributed by atoms with van der Waals surface area (Å²) in [4.78, 5) is 19.0. The number of rotatable bonds is 8. The highest BCUT2D eigenvalue weighted by molar-refractivity contribution is 5.94. The standard InChI is InChI=1S/C23H29N3O/c1-2-26(18-20-11-7-4-8-12-20)22-15-21(16-24-17-22)23(27)25-14-13-19-9-5-3-6-10-19/h4,7-9,11-12,15-17H,2-3,5-6,10,13-14,18H2,1H3,(H,25,27). The van der Waals surface area contributed by atoms with E-state index in [9.17, 15) is 4.79 Å². The van der Waals surface area contributed by atoms with Crippen molar-refractivity contribution in [3.05, 3.63) is 71.6 Å². The number of hydrogen-bond acceptors (Lipinski definition) is 3. The van der Waals surface area contributed by atoms with E-state index in [1.54, 1.807) is 6.20 Å². The van der Waals surface area contributed by atoms with Gasteiger partial charge in [0.05, 0.1) is 17.4 Å². The van der Waals surface area contributed by atoms with Gasteiger partial charge in [-0.3, -0.25) is 9.78 Å². The van der Waals surface area contributed by atoms with Crippen molar-refractivity contribution in [2.75, 3.05) is 18.0 Å². The van der Waals surface area contributed by atoms with Gasteiger partial charge in [-0.1, -0.05) is 42.0 Å². The van der Waals surface area contributed by atoms with Gasteiger partial charge >= 0.3 is 0 Å². The second kappa shape index (κ2) is 9.91. The molecule has 0 bridgehead atoms. The summed E-state index contributed by atoms with van der Waals surface area (Å²) in [5.74, 6) is -0.0449. The van der Waals surface area contributed by atoms with Gasteiger partial charge in [-0.05, 0) is 50.7 Å². The topological polar surface area (TPSA) is 45.2 Å². The van der Waals surface area contributed by atoms with Crippen LogP contribution < -0.4 is 10.2 Å². The van der Waals surface area contributed by atoms with Crippen LogP contribution >= 0.6 is 0 Å². The van der Waals surface area contributed by atoms with Crippen LogP contribution in [0.5, 0.6) is 0 Å². The molecule has 0 aliphatic heterocycles. The smallest absolute Gasteiger partial charge is 0.252 e. The van der Waals surface area contributed by atoms with Crippen LogP contribution in [0.4, 0.5) is 5.69 Å². The molecule has 27 heavy (non-hydrogen) atoms. The number of anilines is 1. The van der Waals surface area contributed by atoms with E-state index in [-0.39, 0.29) is 5.91 Å². The van der Waals surface area contributed by atoms with Crippen molar-refractivity contribution in [1.29, 1.82) is 0 Å². The second-order valence-corrected chi connectivity index (χ2v) is 7.05. The molecule has 4 heteroatoms. The first-order valence-electron chi connectivity index (χ1n) is 9.96. The third-order valence-electron chi connectivity index (χ3n) is 5.07. The molecule has 1 heterocycles. The van der Waals surface area contributed by atoms with E-state index in [2.05, 4.69) is 40.3 Å². The number of allylic oxidation sites excluding steroid dienone is 1. The Kier molecular flexibility index (Phi) is 7.03. The first kappa shape index (κ1) is 19.2. The van der Waals surface area contributed by atoms with E-state index in [1.807, 2.05) is 30.5 Å². The van der Waals surface area contributed by atoms with Crippen LogP contribution in [0.3, 0.4) is 0 Å². The lowest BCUT2D eigenvalue weighted by Gasteiger charge is -2.23. The minimum Gasteiger partial charge on any atom is -0.366 e. The quantitative estimate of drug-likeness (QED) is 0.690. The summed E-state index contributed by atoms with van der Waals surface area (Å²) in [7, 11) is 0. The minimum atomic E-state index is -0.0449. The summed E-state index contributed by atoms with van der Waals surface area (Å²) in [6.45, 7) is 4.47. The SMILES string of the molecule is CCN(Cc1ccccc1)c1cncc(C(=O)NCCC2=CCCCC2)c1. The zero-order chi connectivity index (χ0) is 18.9. The van der Waals surface area contributed by atoms with E-state index >= 15 is 0 Å². The average molecular weight is 364 g/mol. The molecule has 3 rings (SSSR count). The molecule has 0 fully saturated rings. The molecule has 1 aliphatic rings. The number of aromatic nitrogens is 1. The molecule has 1 amide bonds. The molecule has 1 N–H and O–H groups in total. The van der Waals surface area contributed by atoms with Crippen LogP contribution in [-0.2, 0) is 6.54 Å². The Balaban J connectivity index is 1.59. The summed E-state index contributed by atoms with van der Waals surface area (Å²) >= 11 is 0. The molecule has 0 saturated carbocycles. The summed E-state index contributed by atoms with van der Waals surface area (Å²) in [5.41, 5.74) is 4.32. The first-order valence-corrected chi connectivity index (χ1v) is 9.96. The summed E-state index contributed by atoms with van der Waals surface area (Å²) < 4.78 is 0. The maximum absolute atomic E-state index is 12.5. The van der Waals surface area contributed by atoms with Crippen molar-refractivity contribution >= 4 is 11.6 Å². The normalized spacial score (nSPS) is 13.7. The minimum absolute atomic E-state index is 0.0449. The average Bonchev–Trinajstić information content (AvgIpc) is 2.73. The summed E-state index contributed by atoms with van der Waals surface area (Å²) in [5, 5.41) is 3.04. The van der Waals surface area contributed by atoms with Gasteiger partial charge in [0.2, 0.25) is 0 Å². The van der Waals surface area contributed by atoms with Gasteiger partial charge in [-0.15, -0.1) is 0 Å². The van der Waals surface area contributed by atoms with Crippen LogP contribution in [0, 0.1) is 0 Å². The number of nitrogens with one attached hydrogen (secondary N) is 1. The highest BCUT2D eigenvalue weighted by Crippen LogP contribution is 2.20. The lowest BCUT2D eigenvalue weighted by atomic mass is 9.97. The van der Waals surface area contributed by atoms with Crippen LogP contribution in [0.2, 0.25) is 0 Å². The Morgan fingerprint density at radius 1 is 1.19 bits per heavy atom. The number of nitrogens with zero attached hydrogens (tertiary/aromatic N) is 2. The molecule has 0 spiro atoms. The highest BCUT2D eigenvalue weighted by Gasteiger charge is 2.11. The Hall–Kier alpha value is -2.62. The summed E-state index contributed by atoms with van der Waals surface area (Å²) in [6.07, 6.45) is 11.7. The molecule has 2 aromatic rings. The molecule has 0 saturated heterocycles. The predicted molar refractivity (Wildman–Crippen MR) is 111 cm³/mol. The Labute approximate surface area is 162 Å². The van der Waals surface area contributed by atoms with E-state index in [0.717, 1.165) is 25.2 Å². The summed E-state index contributed by atoms with van der Waals surface area (Å²) in [6, 6.07) is 12.3. The van der Waals surface area contributed by atoms with Crippen LogP contribution in [-0.4, -0.2) is 24.0 Å². The molecular formula is C23H29N3O. The van der Waals surface area contributed by atoms with Crippen molar-refractivity contribution in [2.24, 2.45) is 0 Å². The lowest BCUT2D eigenvalue weighted by Crippen LogP contribution is -2.26. The van der Waals surface area contributed by atoms with Crippen molar-refractivity contribution in [2.45, 2.75) is 45.6 Å². The largest absolute Gasteiger partial charge is 0.366 e. The third kappa shape index (κ3) is 5.68. The lowest BCUT2D eigenvalue weighted by molar-refractivity contribution is 0.0953. The number of benzene rings is 1. The molecule has 0 radical (unpaired) electrons. The second-order valence-electron chi connectivity index (χ2n) is 7.05. The fraction of sp³-hybridized carbons (Fsp3) is 0.391. The van der Waals surface area contributed by atoms with Crippen molar-refractivity contribution in [1.82, 2.24) is 10.3 Å². The molecule has 0 unspecified atom stereocenters. The zero-order valence-corrected chi connectivity index (χ0v) is 16.2. The van der Waals surface area contributed by atoms with Gasteiger partial charge in [0.1, 0.15) is 0 Å². The Morgan fingerprint density at radius 2 is 2.04 bits per heavy atom.